The molecule has 0 saturated carbocycles. The van der Waals surface area contributed by atoms with E-state index < -0.39 is 0 Å². The molecule has 3 aromatic rings. The number of carbonyl (C=O) groups excluding carboxylic acids is 1. The van der Waals surface area contributed by atoms with E-state index in [1.807, 2.05) is 24.3 Å². The molecule has 0 spiro atoms. The van der Waals surface area contributed by atoms with Gasteiger partial charge in [0, 0.05) is 11.6 Å². The second-order valence-corrected chi connectivity index (χ2v) is 6.23. The number of hydrogen-bond acceptors (Lipinski definition) is 4. The van der Waals surface area contributed by atoms with E-state index in [1.54, 1.807) is 36.4 Å². The Morgan fingerprint density at radius 2 is 2.00 bits per heavy atom. The molecule has 0 radical (unpaired) electrons. The SMILES string of the molecule is N#Cc1ccccc1OCc1ccc(C(=O)NCCc2cccc(Cl)c2)o1. The van der Waals surface area contributed by atoms with Crippen molar-refractivity contribution < 1.29 is 13.9 Å². The van der Waals surface area contributed by atoms with E-state index in [0.29, 0.717) is 35.1 Å². The first kappa shape index (κ1) is 18.6. The maximum atomic E-state index is 12.2. The molecule has 0 saturated heterocycles. The van der Waals surface area contributed by atoms with E-state index in [2.05, 4.69) is 11.4 Å². The normalized spacial score (nSPS) is 10.2. The summed E-state index contributed by atoms with van der Waals surface area (Å²) in [5, 5.41) is 12.5. The van der Waals surface area contributed by atoms with Crippen LogP contribution in [0.5, 0.6) is 5.75 Å². The van der Waals surface area contributed by atoms with Crippen molar-refractivity contribution in [1.82, 2.24) is 5.32 Å². The van der Waals surface area contributed by atoms with Crippen molar-refractivity contribution in [3.8, 4) is 11.8 Å². The lowest BCUT2D eigenvalue weighted by molar-refractivity contribution is 0.0922. The average Bonchev–Trinajstić information content (AvgIpc) is 3.16. The predicted molar refractivity (Wildman–Crippen MR) is 102 cm³/mol. The summed E-state index contributed by atoms with van der Waals surface area (Å²) in [4.78, 5) is 12.2. The quantitative estimate of drug-likeness (QED) is 0.661. The van der Waals surface area contributed by atoms with Crippen molar-refractivity contribution in [1.29, 1.82) is 5.26 Å². The maximum absolute atomic E-state index is 12.2. The van der Waals surface area contributed by atoms with Crippen LogP contribution in [-0.2, 0) is 13.0 Å². The van der Waals surface area contributed by atoms with Gasteiger partial charge >= 0.3 is 0 Å². The van der Waals surface area contributed by atoms with E-state index in [9.17, 15) is 4.79 Å². The molecule has 136 valence electrons. The largest absolute Gasteiger partial charge is 0.484 e. The Labute approximate surface area is 162 Å². The van der Waals surface area contributed by atoms with Crippen LogP contribution in [0, 0.1) is 11.3 Å². The number of nitriles is 1. The molecule has 1 heterocycles. The van der Waals surface area contributed by atoms with Crippen LogP contribution in [-0.4, -0.2) is 12.5 Å². The van der Waals surface area contributed by atoms with Crippen molar-refractivity contribution >= 4 is 17.5 Å². The number of benzene rings is 2. The molecule has 0 unspecified atom stereocenters. The first-order chi connectivity index (χ1) is 13.2. The van der Waals surface area contributed by atoms with Gasteiger partial charge in [0.1, 0.15) is 24.2 Å². The lowest BCUT2D eigenvalue weighted by atomic mass is 10.1. The number of amides is 1. The number of hydrogen-bond donors (Lipinski definition) is 1. The lowest BCUT2D eigenvalue weighted by Gasteiger charge is -2.06. The molecule has 6 heteroatoms. The molecule has 0 aliphatic rings. The second kappa shape index (κ2) is 8.93. The number of rotatable bonds is 7. The summed E-state index contributed by atoms with van der Waals surface area (Å²) in [5.74, 6) is 0.903. The van der Waals surface area contributed by atoms with Crippen molar-refractivity contribution in [3.63, 3.8) is 0 Å². The summed E-state index contributed by atoms with van der Waals surface area (Å²) in [6, 6.07) is 19.8. The summed E-state index contributed by atoms with van der Waals surface area (Å²) in [6.45, 7) is 0.607. The van der Waals surface area contributed by atoms with Crippen molar-refractivity contribution in [2.45, 2.75) is 13.0 Å². The molecular formula is C21H17ClN2O3. The molecule has 3 rings (SSSR count). The van der Waals surface area contributed by atoms with E-state index in [0.717, 1.165) is 5.56 Å². The fourth-order valence-corrected chi connectivity index (χ4v) is 2.72. The zero-order valence-electron chi connectivity index (χ0n) is 14.4. The smallest absolute Gasteiger partial charge is 0.287 e. The first-order valence-electron chi connectivity index (χ1n) is 8.39. The fourth-order valence-electron chi connectivity index (χ4n) is 2.51. The monoisotopic (exact) mass is 380 g/mol. The number of para-hydroxylation sites is 1. The predicted octanol–water partition coefficient (Wildman–Crippen LogP) is 4.36. The third-order valence-electron chi connectivity index (χ3n) is 3.85. The van der Waals surface area contributed by atoms with Gasteiger partial charge in [0.25, 0.3) is 5.91 Å². The van der Waals surface area contributed by atoms with Crippen molar-refractivity contribution in [2.75, 3.05) is 6.54 Å². The van der Waals surface area contributed by atoms with Gasteiger partial charge in [0.2, 0.25) is 0 Å². The molecule has 27 heavy (non-hydrogen) atoms. The summed E-state index contributed by atoms with van der Waals surface area (Å²) in [6.07, 6.45) is 0.675. The van der Waals surface area contributed by atoms with Crippen LogP contribution < -0.4 is 10.1 Å². The molecule has 1 aromatic heterocycles. The third kappa shape index (κ3) is 5.13. The number of carbonyl (C=O) groups is 1. The highest BCUT2D eigenvalue weighted by atomic mass is 35.5. The van der Waals surface area contributed by atoms with Crippen LogP contribution in [0.2, 0.25) is 5.02 Å². The van der Waals surface area contributed by atoms with Crippen LogP contribution in [0.4, 0.5) is 0 Å². The molecular weight excluding hydrogens is 364 g/mol. The Morgan fingerprint density at radius 1 is 1.15 bits per heavy atom. The van der Waals surface area contributed by atoms with E-state index in [1.165, 1.54) is 0 Å². The van der Waals surface area contributed by atoms with Gasteiger partial charge in [0.15, 0.2) is 5.76 Å². The van der Waals surface area contributed by atoms with Crippen LogP contribution in [0.1, 0.15) is 27.4 Å². The van der Waals surface area contributed by atoms with E-state index in [-0.39, 0.29) is 18.3 Å². The van der Waals surface area contributed by atoms with Crippen LogP contribution in [0.25, 0.3) is 0 Å². The number of halogens is 1. The molecule has 5 nitrogen and oxygen atoms in total. The maximum Gasteiger partial charge on any atom is 0.287 e. The highest BCUT2D eigenvalue weighted by Crippen LogP contribution is 2.19. The molecule has 2 aromatic carbocycles. The second-order valence-electron chi connectivity index (χ2n) is 5.80. The van der Waals surface area contributed by atoms with Gasteiger partial charge in [-0.25, -0.2) is 0 Å². The summed E-state index contributed by atoms with van der Waals surface area (Å²) in [7, 11) is 0. The molecule has 1 N–H and O–H groups in total. The molecule has 0 aliphatic carbocycles. The topological polar surface area (TPSA) is 75.3 Å². The Kier molecular flexibility index (Phi) is 6.14. The van der Waals surface area contributed by atoms with E-state index >= 15 is 0 Å². The lowest BCUT2D eigenvalue weighted by Crippen LogP contribution is -2.25. The third-order valence-corrected chi connectivity index (χ3v) is 4.09. The zero-order chi connectivity index (χ0) is 19.1. The highest BCUT2D eigenvalue weighted by Gasteiger charge is 2.12. The van der Waals surface area contributed by atoms with Gasteiger partial charge in [-0.2, -0.15) is 5.26 Å². The van der Waals surface area contributed by atoms with Gasteiger partial charge in [-0.3, -0.25) is 4.79 Å². The fraction of sp³-hybridized carbons (Fsp3) is 0.143. The molecule has 0 bridgehead atoms. The van der Waals surface area contributed by atoms with Gasteiger partial charge in [-0.05, 0) is 48.4 Å². The van der Waals surface area contributed by atoms with Gasteiger partial charge < -0.3 is 14.5 Å². The Morgan fingerprint density at radius 3 is 2.81 bits per heavy atom. The van der Waals surface area contributed by atoms with Crippen LogP contribution >= 0.6 is 11.6 Å². The molecule has 0 aliphatic heterocycles. The Hall–Kier alpha value is -3.23. The molecule has 0 atom stereocenters. The highest BCUT2D eigenvalue weighted by molar-refractivity contribution is 6.30. The number of nitrogens with zero attached hydrogens (tertiary/aromatic N) is 1. The Balaban J connectivity index is 1.51. The number of nitrogens with one attached hydrogen (secondary N) is 1. The minimum absolute atomic E-state index is 0.133. The van der Waals surface area contributed by atoms with Gasteiger partial charge in [-0.1, -0.05) is 35.9 Å². The van der Waals surface area contributed by atoms with Crippen molar-refractivity contribution in [2.24, 2.45) is 0 Å². The Bertz CT molecular complexity index is 975. The first-order valence-corrected chi connectivity index (χ1v) is 8.77. The molecule has 1 amide bonds. The summed E-state index contributed by atoms with van der Waals surface area (Å²) < 4.78 is 11.1. The number of ether oxygens (including phenoxy) is 1. The average molecular weight is 381 g/mol. The summed E-state index contributed by atoms with van der Waals surface area (Å²) >= 11 is 5.95. The van der Waals surface area contributed by atoms with E-state index in [4.69, 9.17) is 26.0 Å². The van der Waals surface area contributed by atoms with Crippen molar-refractivity contribution in [3.05, 3.63) is 88.3 Å². The standard InChI is InChI=1S/C21H17ClN2O3/c22-17-6-3-4-15(12-17)10-11-24-21(25)20-9-8-18(27-20)14-26-19-7-2-1-5-16(19)13-23/h1-9,12H,10-11,14H2,(H,24,25). The van der Waals surface area contributed by atoms with Crippen LogP contribution in [0.15, 0.2) is 65.1 Å². The van der Waals surface area contributed by atoms with Crippen LogP contribution in [0.3, 0.4) is 0 Å². The zero-order valence-corrected chi connectivity index (χ0v) is 15.2. The van der Waals surface area contributed by atoms with Gasteiger partial charge in [0.05, 0.1) is 5.56 Å². The minimum Gasteiger partial charge on any atom is -0.484 e. The number of furan rings is 1. The molecule has 0 fully saturated rings. The summed E-state index contributed by atoms with van der Waals surface area (Å²) in [5.41, 5.74) is 1.50. The minimum atomic E-state index is -0.291. The van der Waals surface area contributed by atoms with Gasteiger partial charge in [-0.15, -0.1) is 0 Å².